The second kappa shape index (κ2) is 6.72. The second-order valence-electron chi connectivity index (χ2n) is 4.87. The maximum absolute atomic E-state index is 5.27. The number of aryl methyl sites for hydroxylation is 1. The first-order chi connectivity index (χ1) is 10.8. The lowest BCUT2D eigenvalue weighted by molar-refractivity contribution is 0.558. The second-order valence-corrected chi connectivity index (χ2v) is 4.87. The van der Waals surface area contributed by atoms with Crippen LogP contribution in [-0.4, -0.2) is 12.4 Å². The maximum atomic E-state index is 5.27. The van der Waals surface area contributed by atoms with E-state index in [4.69, 9.17) is 8.83 Å². The number of furan rings is 2. The van der Waals surface area contributed by atoms with Crippen LogP contribution < -0.4 is 0 Å². The van der Waals surface area contributed by atoms with Crippen LogP contribution in [0.25, 0.3) is 0 Å². The molecule has 0 amide bonds. The predicted molar refractivity (Wildman–Crippen MR) is 86.5 cm³/mol. The van der Waals surface area contributed by atoms with Crippen molar-refractivity contribution >= 4 is 12.4 Å². The third-order valence-corrected chi connectivity index (χ3v) is 3.15. The zero-order valence-corrected chi connectivity index (χ0v) is 12.2. The third kappa shape index (κ3) is 3.61. The summed E-state index contributed by atoms with van der Waals surface area (Å²) in [6.45, 7) is 2.05. The summed E-state index contributed by atoms with van der Waals surface area (Å²) in [5, 5.41) is 0. The molecule has 0 aliphatic rings. The molecule has 0 saturated heterocycles. The lowest BCUT2D eigenvalue weighted by Gasteiger charge is -2.07. The van der Waals surface area contributed by atoms with Crippen molar-refractivity contribution in [3.63, 3.8) is 0 Å². The molecule has 0 unspecified atom stereocenters. The molecule has 0 spiro atoms. The molecule has 0 saturated carbocycles. The predicted octanol–water partition coefficient (Wildman–Crippen LogP) is 4.42. The summed E-state index contributed by atoms with van der Waals surface area (Å²) in [6, 6.07) is 15.5. The SMILES string of the molecule is Cc1ccc(C(/N=C/c2ccco2)/N=C/c2ccco2)cc1. The van der Waals surface area contributed by atoms with E-state index >= 15 is 0 Å². The van der Waals surface area contributed by atoms with Gasteiger partial charge in [0.25, 0.3) is 0 Å². The van der Waals surface area contributed by atoms with Gasteiger partial charge in [0.2, 0.25) is 0 Å². The van der Waals surface area contributed by atoms with Gasteiger partial charge in [-0.25, -0.2) is 0 Å². The Hall–Kier alpha value is -2.88. The Balaban J connectivity index is 1.85. The molecule has 3 rings (SSSR count). The minimum Gasteiger partial charge on any atom is -0.463 e. The van der Waals surface area contributed by atoms with Crippen molar-refractivity contribution in [2.24, 2.45) is 9.98 Å². The number of aliphatic imine (C=N–C) groups is 2. The lowest BCUT2D eigenvalue weighted by atomic mass is 10.1. The van der Waals surface area contributed by atoms with Crippen molar-refractivity contribution in [1.29, 1.82) is 0 Å². The van der Waals surface area contributed by atoms with E-state index in [-0.39, 0.29) is 6.17 Å². The quantitative estimate of drug-likeness (QED) is 0.654. The minimum atomic E-state index is -0.337. The number of rotatable bonds is 5. The summed E-state index contributed by atoms with van der Waals surface area (Å²) in [5.41, 5.74) is 2.21. The fraction of sp³-hybridized carbons (Fsp3) is 0.111. The fourth-order valence-electron chi connectivity index (χ4n) is 1.97. The molecule has 0 atom stereocenters. The zero-order chi connectivity index (χ0) is 15.2. The highest BCUT2D eigenvalue weighted by atomic mass is 16.3. The largest absolute Gasteiger partial charge is 0.463 e. The highest BCUT2D eigenvalue weighted by molar-refractivity contribution is 5.77. The lowest BCUT2D eigenvalue weighted by Crippen LogP contribution is -1.94. The van der Waals surface area contributed by atoms with Gasteiger partial charge >= 0.3 is 0 Å². The van der Waals surface area contributed by atoms with Crippen LogP contribution in [0.15, 0.2) is 79.9 Å². The summed E-state index contributed by atoms with van der Waals surface area (Å²) in [6.07, 6.45) is 6.27. The smallest absolute Gasteiger partial charge is 0.165 e. The number of hydrogen-bond acceptors (Lipinski definition) is 4. The molecule has 0 N–H and O–H groups in total. The summed E-state index contributed by atoms with van der Waals surface area (Å²) < 4.78 is 10.5. The number of nitrogens with zero attached hydrogens (tertiary/aromatic N) is 2. The van der Waals surface area contributed by atoms with Gasteiger partial charge in [-0.05, 0) is 36.8 Å². The van der Waals surface area contributed by atoms with Crippen LogP contribution in [-0.2, 0) is 0 Å². The van der Waals surface area contributed by atoms with E-state index in [1.165, 1.54) is 5.56 Å². The molecule has 3 aromatic rings. The fourth-order valence-corrected chi connectivity index (χ4v) is 1.97. The Morgan fingerprint density at radius 2 is 1.36 bits per heavy atom. The third-order valence-electron chi connectivity index (χ3n) is 3.15. The van der Waals surface area contributed by atoms with E-state index in [0.717, 1.165) is 5.56 Å². The topological polar surface area (TPSA) is 51.0 Å². The highest BCUT2D eigenvalue weighted by Gasteiger charge is 2.07. The monoisotopic (exact) mass is 292 g/mol. The first-order valence-corrected chi connectivity index (χ1v) is 7.01. The van der Waals surface area contributed by atoms with Crippen LogP contribution in [0.4, 0.5) is 0 Å². The molecule has 0 aliphatic heterocycles. The van der Waals surface area contributed by atoms with E-state index in [0.29, 0.717) is 11.5 Å². The summed E-state index contributed by atoms with van der Waals surface area (Å²) in [4.78, 5) is 9.01. The van der Waals surface area contributed by atoms with Crippen LogP contribution in [0.2, 0.25) is 0 Å². The molecular formula is C18H16N2O2. The van der Waals surface area contributed by atoms with Crippen molar-refractivity contribution in [2.75, 3.05) is 0 Å². The average molecular weight is 292 g/mol. The van der Waals surface area contributed by atoms with E-state index in [2.05, 4.69) is 16.9 Å². The zero-order valence-electron chi connectivity index (χ0n) is 12.2. The molecule has 0 radical (unpaired) electrons. The van der Waals surface area contributed by atoms with Gasteiger partial charge in [0.1, 0.15) is 11.5 Å². The van der Waals surface area contributed by atoms with Crippen molar-refractivity contribution in [2.45, 2.75) is 13.1 Å². The first-order valence-electron chi connectivity index (χ1n) is 7.01. The van der Waals surface area contributed by atoms with Gasteiger partial charge in [-0.1, -0.05) is 29.8 Å². The molecule has 4 nitrogen and oxygen atoms in total. The van der Waals surface area contributed by atoms with Gasteiger partial charge < -0.3 is 8.83 Å². The summed E-state index contributed by atoms with van der Waals surface area (Å²) >= 11 is 0. The first kappa shape index (κ1) is 14.1. The average Bonchev–Trinajstić information content (AvgIpc) is 3.21. The Morgan fingerprint density at radius 1 is 0.818 bits per heavy atom. The van der Waals surface area contributed by atoms with Crippen LogP contribution in [0.5, 0.6) is 0 Å². The van der Waals surface area contributed by atoms with Crippen molar-refractivity contribution in [3.05, 3.63) is 83.7 Å². The normalized spacial score (nSPS) is 11.9. The Bertz CT molecular complexity index is 695. The maximum Gasteiger partial charge on any atom is 0.165 e. The van der Waals surface area contributed by atoms with Gasteiger partial charge in [-0.3, -0.25) is 9.98 Å². The van der Waals surface area contributed by atoms with Gasteiger partial charge in [0.15, 0.2) is 6.17 Å². The van der Waals surface area contributed by atoms with E-state index < -0.39 is 0 Å². The van der Waals surface area contributed by atoms with Crippen LogP contribution >= 0.6 is 0 Å². The summed E-state index contributed by atoms with van der Waals surface area (Å²) in [5.74, 6) is 1.40. The standard InChI is InChI=1S/C18H16N2O2/c1-14-6-8-15(9-7-14)18(19-12-16-4-2-10-21-16)20-13-17-5-3-11-22-17/h2-13,18H,1H3/b19-12+,20-13+. The number of benzene rings is 1. The Morgan fingerprint density at radius 3 is 1.82 bits per heavy atom. The van der Waals surface area contributed by atoms with Gasteiger partial charge in [-0.15, -0.1) is 0 Å². The van der Waals surface area contributed by atoms with E-state index in [9.17, 15) is 0 Å². The van der Waals surface area contributed by atoms with Crippen molar-refractivity contribution in [1.82, 2.24) is 0 Å². The molecule has 110 valence electrons. The van der Waals surface area contributed by atoms with Gasteiger partial charge in [-0.2, -0.15) is 0 Å². The Kier molecular flexibility index (Phi) is 4.30. The van der Waals surface area contributed by atoms with E-state index in [1.54, 1.807) is 25.0 Å². The van der Waals surface area contributed by atoms with Gasteiger partial charge in [0, 0.05) is 0 Å². The molecular weight excluding hydrogens is 276 g/mol. The molecule has 0 bridgehead atoms. The molecule has 22 heavy (non-hydrogen) atoms. The van der Waals surface area contributed by atoms with E-state index in [1.807, 2.05) is 48.5 Å². The number of hydrogen-bond donors (Lipinski definition) is 0. The molecule has 2 heterocycles. The molecule has 2 aromatic heterocycles. The minimum absolute atomic E-state index is 0.337. The molecule has 0 fully saturated rings. The Labute approximate surface area is 128 Å². The van der Waals surface area contributed by atoms with Gasteiger partial charge in [0.05, 0.1) is 25.0 Å². The van der Waals surface area contributed by atoms with Crippen LogP contribution in [0.1, 0.15) is 28.8 Å². The van der Waals surface area contributed by atoms with Crippen molar-refractivity contribution < 1.29 is 8.83 Å². The molecule has 4 heteroatoms. The van der Waals surface area contributed by atoms with Crippen molar-refractivity contribution in [3.8, 4) is 0 Å². The molecule has 0 aliphatic carbocycles. The summed E-state index contributed by atoms with van der Waals surface area (Å²) in [7, 11) is 0. The highest BCUT2D eigenvalue weighted by Crippen LogP contribution is 2.20. The van der Waals surface area contributed by atoms with Crippen LogP contribution in [0, 0.1) is 6.92 Å². The van der Waals surface area contributed by atoms with Crippen LogP contribution in [0.3, 0.4) is 0 Å². The molecule has 1 aromatic carbocycles.